The van der Waals surface area contributed by atoms with E-state index in [1.54, 1.807) is 24.3 Å². The van der Waals surface area contributed by atoms with E-state index < -0.39 is 111 Å². The third kappa shape index (κ3) is 6.78. The molecule has 9 N–H and O–H groups in total. The Hall–Kier alpha value is -3.47. The van der Waals surface area contributed by atoms with Crippen molar-refractivity contribution in [3.63, 3.8) is 0 Å². The maximum absolute atomic E-state index is 13.3. The second kappa shape index (κ2) is 14.3. The molecule has 3 aromatic rings. The van der Waals surface area contributed by atoms with Crippen LogP contribution in [0.2, 0.25) is 0 Å². The Labute approximate surface area is 282 Å². The number of phenols is 1. The zero-order chi connectivity index (χ0) is 36.0. The SMILES string of the molecule is COc1ccc(-c2coc3cc(O[C@@H]4O[C@H](CO[C@@H]5OC[C@@](O)(CO[C@@H]6OC[C@@](O)(CO)[C@@H]6O)[C@@H]5O)[C@H](O)[C@H](O)[C@H]4O)cc(O)c3c2=O)cc1. The van der Waals surface area contributed by atoms with Gasteiger partial charge >= 0.3 is 0 Å². The Morgan fingerprint density at radius 3 is 2.16 bits per heavy atom. The molecule has 6 rings (SSSR count). The largest absolute Gasteiger partial charge is 0.507 e. The van der Waals surface area contributed by atoms with E-state index in [0.717, 1.165) is 6.07 Å². The quantitative estimate of drug-likeness (QED) is 0.0978. The highest BCUT2D eigenvalue weighted by atomic mass is 16.7. The lowest BCUT2D eigenvalue weighted by Crippen LogP contribution is -2.60. The van der Waals surface area contributed by atoms with Gasteiger partial charge in [0.25, 0.3) is 0 Å². The summed E-state index contributed by atoms with van der Waals surface area (Å²) in [5.41, 5.74) is -3.92. The fourth-order valence-corrected chi connectivity index (χ4v) is 5.80. The summed E-state index contributed by atoms with van der Waals surface area (Å²) in [5.74, 6) is -0.0523. The van der Waals surface area contributed by atoms with Crippen molar-refractivity contribution in [3.05, 3.63) is 52.9 Å². The highest BCUT2D eigenvalue weighted by Gasteiger charge is 2.53. The third-order valence-corrected chi connectivity index (χ3v) is 8.96. The molecule has 18 nitrogen and oxygen atoms in total. The van der Waals surface area contributed by atoms with E-state index in [4.69, 9.17) is 37.6 Å². The second-order valence-corrected chi connectivity index (χ2v) is 12.4. The molecule has 0 radical (unpaired) electrons. The Kier molecular flexibility index (Phi) is 10.4. The van der Waals surface area contributed by atoms with E-state index in [1.165, 1.54) is 19.4 Å². The summed E-state index contributed by atoms with van der Waals surface area (Å²) in [6.07, 6.45) is -13.4. The number of hydrogen-bond acceptors (Lipinski definition) is 18. The van der Waals surface area contributed by atoms with E-state index >= 15 is 0 Å². The topological polar surface area (TPSA) is 277 Å². The molecule has 3 aliphatic rings. The number of aliphatic hydroxyl groups is 8. The Balaban J connectivity index is 1.09. The van der Waals surface area contributed by atoms with Crippen LogP contribution in [0.3, 0.4) is 0 Å². The molecule has 0 aliphatic carbocycles. The first kappa shape index (κ1) is 36.3. The van der Waals surface area contributed by atoms with E-state index in [0.29, 0.717) is 11.3 Å². The number of methoxy groups -OCH3 is 1. The molecule has 50 heavy (non-hydrogen) atoms. The molecular weight excluding hydrogens is 672 g/mol. The van der Waals surface area contributed by atoms with Crippen LogP contribution in [0.4, 0.5) is 0 Å². The Morgan fingerprint density at radius 2 is 1.50 bits per heavy atom. The van der Waals surface area contributed by atoms with Gasteiger partial charge in [-0.25, -0.2) is 0 Å². The van der Waals surface area contributed by atoms with Crippen molar-refractivity contribution < 1.29 is 83.5 Å². The number of rotatable bonds is 11. The van der Waals surface area contributed by atoms with Crippen LogP contribution in [0.1, 0.15) is 0 Å². The summed E-state index contributed by atoms with van der Waals surface area (Å²) < 4.78 is 43.4. The van der Waals surface area contributed by atoms with Gasteiger partial charge in [-0.2, -0.15) is 0 Å². The summed E-state index contributed by atoms with van der Waals surface area (Å²) in [7, 11) is 1.51. The number of ether oxygens (including phenoxy) is 7. The lowest BCUT2D eigenvalue weighted by Gasteiger charge is -2.40. The van der Waals surface area contributed by atoms with E-state index in [-0.39, 0.29) is 22.3 Å². The first-order valence-electron chi connectivity index (χ1n) is 15.5. The molecular formula is C32H38O18. The van der Waals surface area contributed by atoms with Gasteiger partial charge in [-0.05, 0) is 17.7 Å². The molecule has 18 heteroatoms. The Bertz CT molecular complexity index is 1700. The summed E-state index contributed by atoms with van der Waals surface area (Å²) in [4.78, 5) is 13.3. The molecule has 0 saturated carbocycles. The zero-order valence-electron chi connectivity index (χ0n) is 26.5. The monoisotopic (exact) mass is 710 g/mol. The van der Waals surface area contributed by atoms with Gasteiger partial charge in [-0.15, -0.1) is 0 Å². The number of benzene rings is 2. The minimum Gasteiger partial charge on any atom is -0.507 e. The predicted octanol–water partition coefficient (Wildman–Crippen LogP) is -2.72. The Morgan fingerprint density at radius 1 is 0.840 bits per heavy atom. The number of fused-ring (bicyclic) bond motifs is 1. The van der Waals surface area contributed by atoms with Crippen LogP contribution >= 0.6 is 0 Å². The lowest BCUT2D eigenvalue weighted by atomic mass is 9.99. The van der Waals surface area contributed by atoms with Crippen molar-refractivity contribution in [2.45, 2.75) is 66.7 Å². The molecule has 2 aromatic carbocycles. The maximum Gasteiger partial charge on any atom is 0.229 e. The lowest BCUT2D eigenvalue weighted by molar-refractivity contribution is -0.289. The highest BCUT2D eigenvalue weighted by molar-refractivity contribution is 5.88. The van der Waals surface area contributed by atoms with Crippen molar-refractivity contribution in [1.29, 1.82) is 0 Å². The smallest absolute Gasteiger partial charge is 0.229 e. The van der Waals surface area contributed by atoms with E-state index in [1.807, 2.05) is 0 Å². The molecule has 0 bridgehead atoms. The number of aliphatic hydroxyl groups excluding tert-OH is 6. The van der Waals surface area contributed by atoms with E-state index in [2.05, 4.69) is 0 Å². The number of phenolic OH excluding ortho intramolecular Hbond substituents is 1. The maximum atomic E-state index is 13.3. The molecule has 1 aromatic heterocycles. The van der Waals surface area contributed by atoms with Gasteiger partial charge in [0.15, 0.2) is 12.6 Å². The summed E-state index contributed by atoms with van der Waals surface area (Å²) in [6, 6.07) is 8.98. The molecule has 4 heterocycles. The molecule has 3 aliphatic heterocycles. The molecule has 274 valence electrons. The van der Waals surface area contributed by atoms with Crippen molar-refractivity contribution >= 4 is 11.0 Å². The molecule has 0 unspecified atom stereocenters. The molecule has 11 atom stereocenters. The highest BCUT2D eigenvalue weighted by Crippen LogP contribution is 2.34. The van der Waals surface area contributed by atoms with Crippen LogP contribution in [0.25, 0.3) is 22.1 Å². The number of aromatic hydroxyl groups is 1. The predicted molar refractivity (Wildman–Crippen MR) is 164 cm³/mol. The van der Waals surface area contributed by atoms with Crippen LogP contribution in [-0.4, -0.2) is 153 Å². The van der Waals surface area contributed by atoms with Crippen LogP contribution < -0.4 is 14.9 Å². The minimum atomic E-state index is -2.07. The molecule has 0 spiro atoms. The van der Waals surface area contributed by atoms with Crippen LogP contribution in [-0.2, 0) is 23.7 Å². The van der Waals surface area contributed by atoms with Crippen LogP contribution in [0.15, 0.2) is 51.9 Å². The first-order chi connectivity index (χ1) is 23.8. The third-order valence-electron chi connectivity index (χ3n) is 8.96. The average Bonchev–Trinajstić information content (AvgIpc) is 3.56. The zero-order valence-corrected chi connectivity index (χ0v) is 26.5. The van der Waals surface area contributed by atoms with Gasteiger partial charge < -0.3 is 83.5 Å². The fraction of sp³-hybridized carbons (Fsp3) is 0.531. The fourth-order valence-electron chi connectivity index (χ4n) is 5.80. The van der Waals surface area contributed by atoms with Crippen molar-refractivity contribution in [3.8, 4) is 28.4 Å². The summed E-state index contributed by atoms with van der Waals surface area (Å²) >= 11 is 0. The molecule has 3 fully saturated rings. The number of hydrogen-bond donors (Lipinski definition) is 9. The van der Waals surface area contributed by atoms with Crippen LogP contribution in [0.5, 0.6) is 17.2 Å². The van der Waals surface area contributed by atoms with Crippen molar-refractivity contribution in [2.75, 3.05) is 40.1 Å². The van der Waals surface area contributed by atoms with E-state index in [9.17, 15) is 50.8 Å². The summed E-state index contributed by atoms with van der Waals surface area (Å²) in [6.45, 7) is -2.93. The molecule has 3 saturated heterocycles. The second-order valence-electron chi connectivity index (χ2n) is 12.4. The van der Waals surface area contributed by atoms with Gasteiger partial charge in [0.1, 0.15) is 82.3 Å². The first-order valence-corrected chi connectivity index (χ1v) is 15.5. The average molecular weight is 711 g/mol. The van der Waals surface area contributed by atoms with Gasteiger partial charge in [-0.1, -0.05) is 12.1 Å². The van der Waals surface area contributed by atoms with Gasteiger partial charge in [0.05, 0.1) is 45.7 Å². The normalized spacial score (nSPS) is 35.8. The summed E-state index contributed by atoms with van der Waals surface area (Å²) in [5, 5.41) is 93.5. The van der Waals surface area contributed by atoms with Gasteiger partial charge in [0.2, 0.25) is 11.7 Å². The van der Waals surface area contributed by atoms with Gasteiger partial charge in [-0.3, -0.25) is 4.79 Å². The van der Waals surface area contributed by atoms with Crippen molar-refractivity contribution in [1.82, 2.24) is 0 Å². The minimum absolute atomic E-state index is 0.0602. The van der Waals surface area contributed by atoms with Gasteiger partial charge in [0, 0.05) is 12.1 Å². The van der Waals surface area contributed by atoms with Crippen LogP contribution in [0, 0.1) is 0 Å². The van der Waals surface area contributed by atoms with Crippen molar-refractivity contribution in [2.24, 2.45) is 0 Å². The standard InChI is InChI=1S/C32H38O18/c1-43-15-4-2-14(3-5-15)17-8-44-19-7-16(6-18(34)21(19)22(17)35)49-28-25(38)24(37)23(36)20(50-28)9-45-29-27(40)32(42,12-47-29)13-48-30-26(39)31(41,10-33)11-46-30/h2-8,20,23-30,33-34,36-42H,9-13H2,1H3/t20-,23+,24+,25-,26-,27-,28-,29-,30+,31+,32-/m1/s1. The molecule has 0 amide bonds.